The van der Waals surface area contributed by atoms with Crippen LogP contribution < -0.4 is 0 Å². The number of hydrogen-bond donors (Lipinski definition) is 0. The SMILES string of the molecule is CC(=O)c1cnc(Cl)c2c(Br)c(I)nn12. The van der Waals surface area contributed by atoms with E-state index in [9.17, 15) is 4.79 Å². The van der Waals surface area contributed by atoms with Crippen LogP contribution in [0.5, 0.6) is 0 Å². The van der Waals surface area contributed by atoms with Crippen molar-refractivity contribution in [3.05, 3.63) is 25.2 Å². The predicted molar refractivity (Wildman–Crippen MR) is 68.4 cm³/mol. The Balaban J connectivity index is 2.95. The van der Waals surface area contributed by atoms with Crippen molar-refractivity contribution in [1.29, 1.82) is 0 Å². The zero-order valence-electron chi connectivity index (χ0n) is 7.46. The first-order valence-corrected chi connectivity index (χ1v) is 6.16. The fourth-order valence-electron chi connectivity index (χ4n) is 1.20. The van der Waals surface area contributed by atoms with Crippen LogP contribution in [-0.2, 0) is 0 Å². The van der Waals surface area contributed by atoms with E-state index >= 15 is 0 Å². The van der Waals surface area contributed by atoms with Gasteiger partial charge in [-0.05, 0) is 38.5 Å². The highest BCUT2D eigenvalue weighted by molar-refractivity contribution is 14.1. The molecule has 15 heavy (non-hydrogen) atoms. The molecule has 7 heteroatoms. The summed E-state index contributed by atoms with van der Waals surface area (Å²) < 4.78 is 3.00. The van der Waals surface area contributed by atoms with Crippen LogP contribution in [0.15, 0.2) is 10.7 Å². The number of carbonyl (C=O) groups excluding carboxylic acids is 1. The summed E-state index contributed by atoms with van der Waals surface area (Å²) in [6.45, 7) is 1.47. The Bertz CT molecular complexity index is 569. The average Bonchev–Trinajstić information content (AvgIpc) is 2.44. The van der Waals surface area contributed by atoms with Gasteiger partial charge in [-0.1, -0.05) is 11.6 Å². The lowest BCUT2D eigenvalue weighted by Gasteiger charge is -2.01. The summed E-state index contributed by atoms with van der Waals surface area (Å²) in [5.74, 6) is -0.101. The van der Waals surface area contributed by atoms with Crippen molar-refractivity contribution in [3.63, 3.8) is 0 Å². The minimum absolute atomic E-state index is 0.101. The molecule has 0 aliphatic carbocycles. The van der Waals surface area contributed by atoms with Gasteiger partial charge >= 0.3 is 0 Å². The van der Waals surface area contributed by atoms with Crippen LogP contribution in [-0.4, -0.2) is 20.4 Å². The lowest BCUT2D eigenvalue weighted by molar-refractivity contribution is 0.101. The standard InChI is InChI=1S/C8H4BrClIN3O/c1-3(15)4-2-12-7(10)6-5(9)8(11)13-14(4)6/h2H,1H3. The number of Topliss-reactive ketones (excluding diaryl/α,β-unsaturated/α-hetero) is 1. The van der Waals surface area contributed by atoms with Gasteiger partial charge in [-0.2, -0.15) is 5.10 Å². The molecule has 0 amide bonds. The Morgan fingerprint density at radius 1 is 1.67 bits per heavy atom. The highest BCUT2D eigenvalue weighted by atomic mass is 127. The lowest BCUT2D eigenvalue weighted by atomic mass is 10.3. The predicted octanol–water partition coefficient (Wildman–Crippen LogP) is 2.95. The first-order chi connectivity index (χ1) is 7.02. The van der Waals surface area contributed by atoms with E-state index in [1.807, 2.05) is 0 Å². The molecule has 0 spiro atoms. The molecule has 4 nitrogen and oxygen atoms in total. The molecule has 0 bridgehead atoms. The molecule has 78 valence electrons. The number of fused-ring (bicyclic) bond motifs is 1. The summed E-state index contributed by atoms with van der Waals surface area (Å²) in [5, 5.41) is 4.53. The molecule has 0 atom stereocenters. The minimum atomic E-state index is -0.101. The molecular weight excluding hydrogens is 396 g/mol. The molecule has 2 aromatic rings. The molecule has 0 aliphatic heterocycles. The molecule has 0 unspecified atom stereocenters. The number of nitrogens with zero attached hydrogens (tertiary/aromatic N) is 3. The van der Waals surface area contributed by atoms with Crippen LogP contribution in [0, 0.1) is 3.70 Å². The van der Waals surface area contributed by atoms with Gasteiger partial charge in [-0.3, -0.25) is 4.79 Å². The molecule has 2 aromatic heterocycles. The summed E-state index contributed by atoms with van der Waals surface area (Å²) in [6.07, 6.45) is 1.42. The maximum Gasteiger partial charge on any atom is 0.179 e. The third kappa shape index (κ3) is 1.78. The third-order valence-electron chi connectivity index (χ3n) is 1.87. The molecule has 2 rings (SSSR count). The smallest absolute Gasteiger partial charge is 0.179 e. The number of carbonyl (C=O) groups is 1. The van der Waals surface area contributed by atoms with E-state index in [-0.39, 0.29) is 5.78 Å². The fraction of sp³-hybridized carbons (Fsp3) is 0.125. The Kier molecular flexibility index (Phi) is 3.00. The van der Waals surface area contributed by atoms with E-state index in [0.29, 0.717) is 16.4 Å². The van der Waals surface area contributed by atoms with Crippen molar-refractivity contribution in [2.45, 2.75) is 6.92 Å². The number of halogens is 3. The normalized spacial score (nSPS) is 10.9. The molecule has 2 heterocycles. The molecule has 0 aromatic carbocycles. The van der Waals surface area contributed by atoms with Gasteiger partial charge in [0.25, 0.3) is 0 Å². The van der Waals surface area contributed by atoms with E-state index < -0.39 is 0 Å². The van der Waals surface area contributed by atoms with Crippen LogP contribution in [0.1, 0.15) is 17.4 Å². The Morgan fingerprint density at radius 2 is 2.33 bits per heavy atom. The maximum atomic E-state index is 11.3. The van der Waals surface area contributed by atoms with Gasteiger partial charge in [0.05, 0.1) is 10.7 Å². The van der Waals surface area contributed by atoms with E-state index in [1.165, 1.54) is 17.6 Å². The fourth-order valence-corrected chi connectivity index (χ4v) is 2.44. The third-order valence-corrected chi connectivity index (χ3v) is 4.40. The second-order valence-corrected chi connectivity index (χ2v) is 5.03. The highest BCUT2D eigenvalue weighted by Gasteiger charge is 2.16. The minimum Gasteiger partial charge on any atom is -0.293 e. The molecule has 0 N–H and O–H groups in total. The van der Waals surface area contributed by atoms with Crippen LogP contribution >= 0.6 is 50.1 Å². The topological polar surface area (TPSA) is 47.3 Å². The van der Waals surface area contributed by atoms with Crippen molar-refractivity contribution in [3.8, 4) is 0 Å². The second kappa shape index (κ2) is 3.99. The van der Waals surface area contributed by atoms with Crippen molar-refractivity contribution in [2.24, 2.45) is 0 Å². The Morgan fingerprint density at radius 3 is 2.93 bits per heavy atom. The number of aromatic nitrogens is 3. The number of ketones is 1. The van der Waals surface area contributed by atoms with Crippen LogP contribution in [0.2, 0.25) is 5.15 Å². The van der Waals surface area contributed by atoms with Gasteiger partial charge < -0.3 is 0 Å². The van der Waals surface area contributed by atoms with Crippen molar-refractivity contribution in [2.75, 3.05) is 0 Å². The molecule has 0 radical (unpaired) electrons. The molecule has 0 aliphatic rings. The van der Waals surface area contributed by atoms with Gasteiger partial charge in [0.2, 0.25) is 0 Å². The lowest BCUT2D eigenvalue weighted by Crippen LogP contribution is -2.05. The van der Waals surface area contributed by atoms with Crippen molar-refractivity contribution in [1.82, 2.24) is 14.6 Å². The second-order valence-electron chi connectivity index (χ2n) is 2.86. The maximum absolute atomic E-state index is 11.3. The zero-order chi connectivity index (χ0) is 11.2. The average molecular weight is 400 g/mol. The van der Waals surface area contributed by atoms with E-state index in [0.717, 1.165) is 8.17 Å². The number of hydrogen-bond acceptors (Lipinski definition) is 3. The van der Waals surface area contributed by atoms with Gasteiger partial charge in [-0.25, -0.2) is 9.50 Å². The Hall–Kier alpha value is -0.210. The van der Waals surface area contributed by atoms with E-state index in [4.69, 9.17) is 11.6 Å². The first-order valence-electron chi connectivity index (χ1n) is 3.91. The van der Waals surface area contributed by atoms with E-state index in [2.05, 4.69) is 48.6 Å². The van der Waals surface area contributed by atoms with Crippen molar-refractivity contribution < 1.29 is 4.79 Å². The monoisotopic (exact) mass is 399 g/mol. The summed E-state index contributed by atoms with van der Waals surface area (Å²) in [7, 11) is 0. The summed E-state index contributed by atoms with van der Waals surface area (Å²) in [5.41, 5.74) is 1.03. The Labute approximate surface area is 112 Å². The van der Waals surface area contributed by atoms with Gasteiger partial charge in [-0.15, -0.1) is 0 Å². The highest BCUT2D eigenvalue weighted by Crippen LogP contribution is 2.29. The quantitative estimate of drug-likeness (QED) is 0.546. The summed E-state index contributed by atoms with van der Waals surface area (Å²) in [4.78, 5) is 15.3. The molecule has 0 saturated carbocycles. The summed E-state index contributed by atoms with van der Waals surface area (Å²) in [6, 6.07) is 0. The molecule has 0 fully saturated rings. The van der Waals surface area contributed by atoms with Crippen molar-refractivity contribution >= 4 is 61.4 Å². The van der Waals surface area contributed by atoms with Crippen LogP contribution in [0.4, 0.5) is 0 Å². The van der Waals surface area contributed by atoms with Gasteiger partial charge in [0, 0.05) is 6.92 Å². The molecular formula is C8H4BrClIN3O. The number of rotatable bonds is 1. The summed E-state index contributed by atoms with van der Waals surface area (Å²) >= 11 is 11.4. The van der Waals surface area contributed by atoms with Gasteiger partial charge in [0.15, 0.2) is 10.9 Å². The van der Waals surface area contributed by atoms with E-state index in [1.54, 1.807) is 0 Å². The largest absolute Gasteiger partial charge is 0.293 e. The molecule has 0 saturated heterocycles. The van der Waals surface area contributed by atoms with Gasteiger partial charge in [0.1, 0.15) is 14.9 Å². The first kappa shape index (κ1) is 11.3. The van der Waals surface area contributed by atoms with Crippen LogP contribution in [0.25, 0.3) is 5.52 Å². The van der Waals surface area contributed by atoms with Crippen LogP contribution in [0.3, 0.4) is 0 Å². The zero-order valence-corrected chi connectivity index (χ0v) is 12.0.